The van der Waals surface area contributed by atoms with Gasteiger partial charge in [-0.05, 0) is 20.5 Å². The van der Waals surface area contributed by atoms with E-state index in [0.717, 1.165) is 31.9 Å². The Hall–Kier alpha value is -1.56. The van der Waals surface area contributed by atoms with Gasteiger partial charge in [-0.1, -0.05) is 6.92 Å². The van der Waals surface area contributed by atoms with Crippen molar-refractivity contribution >= 4 is 11.8 Å². The maximum Gasteiger partial charge on any atom is 0.225 e. The van der Waals surface area contributed by atoms with Gasteiger partial charge in [0.05, 0.1) is 7.11 Å². The van der Waals surface area contributed by atoms with Gasteiger partial charge in [-0.2, -0.15) is 9.97 Å². The van der Waals surface area contributed by atoms with Gasteiger partial charge in [0, 0.05) is 25.7 Å². The lowest BCUT2D eigenvalue weighted by Gasteiger charge is -2.25. The Morgan fingerprint density at radius 1 is 1.22 bits per heavy atom. The molecule has 1 rings (SSSR count). The van der Waals surface area contributed by atoms with Crippen LogP contribution in [0.2, 0.25) is 0 Å². The van der Waals surface area contributed by atoms with Gasteiger partial charge in [0.1, 0.15) is 5.82 Å². The molecule has 18 heavy (non-hydrogen) atoms. The number of anilines is 2. The van der Waals surface area contributed by atoms with E-state index in [1.807, 2.05) is 6.07 Å². The number of hydrogen-bond acceptors (Lipinski definition) is 6. The van der Waals surface area contributed by atoms with E-state index in [2.05, 4.69) is 40.8 Å². The molecule has 6 nitrogen and oxygen atoms in total. The molecular weight excluding hydrogens is 230 g/mol. The largest absolute Gasteiger partial charge is 0.481 e. The SMILES string of the molecule is CCCN(CCN(C)C)c1cc(OC)nc(N)n1. The predicted molar refractivity (Wildman–Crippen MR) is 74.1 cm³/mol. The van der Waals surface area contributed by atoms with Crippen LogP contribution in [0.15, 0.2) is 6.07 Å². The molecule has 0 fully saturated rings. The topological polar surface area (TPSA) is 67.5 Å². The van der Waals surface area contributed by atoms with Gasteiger partial charge in [0.25, 0.3) is 0 Å². The molecule has 102 valence electrons. The smallest absolute Gasteiger partial charge is 0.225 e. The van der Waals surface area contributed by atoms with Crippen LogP contribution >= 0.6 is 0 Å². The molecule has 2 N–H and O–H groups in total. The lowest BCUT2D eigenvalue weighted by molar-refractivity contribution is 0.396. The molecule has 0 saturated carbocycles. The highest BCUT2D eigenvalue weighted by molar-refractivity contribution is 5.45. The van der Waals surface area contributed by atoms with Crippen molar-refractivity contribution in [2.24, 2.45) is 0 Å². The number of methoxy groups -OCH3 is 1. The maximum absolute atomic E-state index is 5.69. The third-order valence-corrected chi connectivity index (χ3v) is 2.55. The molecule has 0 aliphatic carbocycles. The van der Waals surface area contributed by atoms with Crippen LogP contribution in [0.25, 0.3) is 0 Å². The summed E-state index contributed by atoms with van der Waals surface area (Å²) in [7, 11) is 5.69. The number of ether oxygens (including phenoxy) is 1. The molecule has 0 aliphatic heterocycles. The van der Waals surface area contributed by atoms with Crippen molar-refractivity contribution in [2.75, 3.05) is 51.5 Å². The highest BCUT2D eigenvalue weighted by Gasteiger charge is 2.10. The minimum Gasteiger partial charge on any atom is -0.481 e. The van der Waals surface area contributed by atoms with Gasteiger partial charge in [0.15, 0.2) is 0 Å². The number of nitrogen functional groups attached to an aromatic ring is 1. The van der Waals surface area contributed by atoms with E-state index in [1.165, 1.54) is 0 Å². The number of aromatic nitrogens is 2. The first-order valence-corrected chi connectivity index (χ1v) is 6.15. The van der Waals surface area contributed by atoms with E-state index in [4.69, 9.17) is 10.5 Å². The molecule has 0 radical (unpaired) electrons. The lowest BCUT2D eigenvalue weighted by Crippen LogP contribution is -2.33. The summed E-state index contributed by atoms with van der Waals surface area (Å²) in [5.41, 5.74) is 5.69. The Labute approximate surface area is 109 Å². The second kappa shape index (κ2) is 7.00. The molecular formula is C12H23N5O. The van der Waals surface area contributed by atoms with E-state index in [9.17, 15) is 0 Å². The number of nitrogens with zero attached hydrogens (tertiary/aromatic N) is 4. The third-order valence-electron chi connectivity index (χ3n) is 2.55. The van der Waals surface area contributed by atoms with E-state index in [0.29, 0.717) is 5.88 Å². The van der Waals surface area contributed by atoms with Crippen LogP contribution in [0.4, 0.5) is 11.8 Å². The van der Waals surface area contributed by atoms with Gasteiger partial charge in [-0.3, -0.25) is 0 Å². The summed E-state index contributed by atoms with van der Waals surface area (Å²) in [4.78, 5) is 12.6. The van der Waals surface area contributed by atoms with Crippen molar-refractivity contribution in [3.63, 3.8) is 0 Å². The summed E-state index contributed by atoms with van der Waals surface area (Å²) in [6.07, 6.45) is 1.06. The monoisotopic (exact) mass is 253 g/mol. The Balaban J connectivity index is 2.86. The van der Waals surface area contributed by atoms with Crippen LogP contribution in [-0.4, -0.2) is 55.7 Å². The highest BCUT2D eigenvalue weighted by atomic mass is 16.5. The summed E-state index contributed by atoms with van der Waals surface area (Å²) in [5, 5.41) is 0. The third kappa shape index (κ3) is 4.37. The van der Waals surface area contributed by atoms with E-state index in [1.54, 1.807) is 7.11 Å². The van der Waals surface area contributed by atoms with Gasteiger partial charge in [0.2, 0.25) is 11.8 Å². The molecule has 1 aromatic heterocycles. The Kier molecular flexibility index (Phi) is 5.64. The fourth-order valence-corrected chi connectivity index (χ4v) is 1.63. The second-order valence-electron chi connectivity index (χ2n) is 4.42. The minimum atomic E-state index is 0.246. The molecule has 1 heterocycles. The van der Waals surface area contributed by atoms with Crippen molar-refractivity contribution in [2.45, 2.75) is 13.3 Å². The van der Waals surface area contributed by atoms with Gasteiger partial charge < -0.3 is 20.3 Å². The molecule has 0 bridgehead atoms. The van der Waals surface area contributed by atoms with Crippen LogP contribution in [0, 0.1) is 0 Å². The van der Waals surface area contributed by atoms with E-state index >= 15 is 0 Å². The highest BCUT2D eigenvalue weighted by Crippen LogP contribution is 2.18. The molecule has 0 aromatic carbocycles. The first kappa shape index (κ1) is 14.5. The molecule has 0 unspecified atom stereocenters. The Morgan fingerprint density at radius 2 is 1.94 bits per heavy atom. The average Bonchev–Trinajstić information content (AvgIpc) is 2.33. The quantitative estimate of drug-likeness (QED) is 0.777. The number of likely N-dealkylation sites (N-methyl/N-ethyl adjacent to an activating group) is 1. The standard InChI is InChI=1S/C12H23N5O/c1-5-6-17(8-7-16(2)3)10-9-11(18-4)15-12(13)14-10/h9H,5-8H2,1-4H3,(H2,13,14,15). The summed E-state index contributed by atoms with van der Waals surface area (Å²) >= 11 is 0. The summed E-state index contributed by atoms with van der Waals surface area (Å²) in [5.74, 6) is 1.57. The lowest BCUT2D eigenvalue weighted by atomic mass is 10.3. The number of nitrogens with two attached hydrogens (primary N) is 1. The normalized spacial score (nSPS) is 10.7. The summed E-state index contributed by atoms with van der Waals surface area (Å²) < 4.78 is 5.12. The zero-order chi connectivity index (χ0) is 13.5. The van der Waals surface area contributed by atoms with Crippen LogP contribution in [0.5, 0.6) is 5.88 Å². The van der Waals surface area contributed by atoms with Crippen molar-refractivity contribution in [3.05, 3.63) is 6.07 Å². The zero-order valence-electron chi connectivity index (χ0n) is 11.7. The molecule has 0 amide bonds. The van der Waals surface area contributed by atoms with Gasteiger partial charge in [-0.15, -0.1) is 0 Å². The summed E-state index contributed by atoms with van der Waals surface area (Å²) in [6, 6.07) is 1.82. The molecule has 0 spiro atoms. The van der Waals surface area contributed by atoms with Crippen LogP contribution in [0.3, 0.4) is 0 Å². The Bertz CT molecular complexity index is 369. The van der Waals surface area contributed by atoms with Crippen LogP contribution in [-0.2, 0) is 0 Å². The van der Waals surface area contributed by atoms with Gasteiger partial charge >= 0.3 is 0 Å². The first-order chi connectivity index (χ1) is 8.56. The number of hydrogen-bond donors (Lipinski definition) is 1. The second-order valence-corrected chi connectivity index (χ2v) is 4.42. The summed E-state index contributed by atoms with van der Waals surface area (Å²) in [6.45, 7) is 4.95. The zero-order valence-corrected chi connectivity index (χ0v) is 11.7. The molecule has 0 saturated heterocycles. The first-order valence-electron chi connectivity index (χ1n) is 6.15. The van der Waals surface area contributed by atoms with Crippen molar-refractivity contribution in [1.82, 2.24) is 14.9 Å². The molecule has 6 heteroatoms. The van der Waals surface area contributed by atoms with Gasteiger partial charge in [-0.25, -0.2) is 0 Å². The molecule has 1 aromatic rings. The van der Waals surface area contributed by atoms with E-state index < -0.39 is 0 Å². The number of rotatable bonds is 7. The Morgan fingerprint density at radius 3 is 2.50 bits per heavy atom. The van der Waals surface area contributed by atoms with Crippen LogP contribution in [0.1, 0.15) is 13.3 Å². The predicted octanol–water partition coefficient (Wildman–Crippen LogP) is 0.845. The van der Waals surface area contributed by atoms with Crippen molar-refractivity contribution < 1.29 is 4.74 Å². The van der Waals surface area contributed by atoms with Crippen molar-refractivity contribution in [3.8, 4) is 5.88 Å². The van der Waals surface area contributed by atoms with Crippen molar-refractivity contribution in [1.29, 1.82) is 0 Å². The van der Waals surface area contributed by atoms with Crippen LogP contribution < -0.4 is 15.4 Å². The average molecular weight is 253 g/mol. The van der Waals surface area contributed by atoms with E-state index in [-0.39, 0.29) is 5.95 Å². The maximum atomic E-state index is 5.69. The molecule has 0 atom stereocenters. The minimum absolute atomic E-state index is 0.246. The fourth-order valence-electron chi connectivity index (χ4n) is 1.63. The fraction of sp³-hybridized carbons (Fsp3) is 0.667. The molecule has 0 aliphatic rings.